The van der Waals surface area contributed by atoms with Crippen LogP contribution in [0.3, 0.4) is 0 Å². The van der Waals surface area contributed by atoms with E-state index in [4.69, 9.17) is 4.52 Å². The zero-order valence-electron chi connectivity index (χ0n) is 16.1. The molecule has 2 aromatic rings. The Labute approximate surface area is 160 Å². The summed E-state index contributed by atoms with van der Waals surface area (Å²) >= 11 is 0. The molecule has 0 unspecified atom stereocenters. The second-order valence-corrected chi connectivity index (χ2v) is 7.68. The van der Waals surface area contributed by atoms with E-state index < -0.39 is 0 Å². The van der Waals surface area contributed by atoms with Gasteiger partial charge in [0.2, 0.25) is 0 Å². The third-order valence-electron chi connectivity index (χ3n) is 5.52. The number of hydrogen-bond acceptors (Lipinski definition) is 5. The minimum atomic E-state index is 0.176. The SMILES string of the molecule is Cc1cc(CN2CCN(Cc3ccc(C(=O)N4CCCC4)cc3)CC2)on1. The van der Waals surface area contributed by atoms with E-state index in [0.717, 1.165) is 82.2 Å². The zero-order valence-corrected chi connectivity index (χ0v) is 16.1. The Morgan fingerprint density at radius 1 is 0.963 bits per heavy atom. The molecule has 0 bridgehead atoms. The molecule has 0 radical (unpaired) electrons. The largest absolute Gasteiger partial charge is 0.360 e. The van der Waals surface area contributed by atoms with Crippen LogP contribution in [0.4, 0.5) is 0 Å². The number of benzene rings is 1. The summed E-state index contributed by atoms with van der Waals surface area (Å²) in [5.41, 5.74) is 3.02. The molecule has 2 aliphatic rings. The molecule has 2 fully saturated rings. The lowest BCUT2D eigenvalue weighted by atomic mass is 10.1. The molecule has 1 amide bonds. The normalized spacial score (nSPS) is 18.9. The van der Waals surface area contributed by atoms with Crippen LogP contribution in [0.1, 0.15) is 40.2 Å². The van der Waals surface area contributed by atoms with Gasteiger partial charge in [0.15, 0.2) is 5.76 Å². The Hall–Kier alpha value is -2.18. The van der Waals surface area contributed by atoms with Crippen molar-refractivity contribution >= 4 is 5.91 Å². The van der Waals surface area contributed by atoms with Crippen molar-refractivity contribution in [3.63, 3.8) is 0 Å². The molecule has 0 atom stereocenters. The number of piperazine rings is 1. The van der Waals surface area contributed by atoms with E-state index in [1.807, 2.05) is 30.0 Å². The van der Waals surface area contributed by atoms with Gasteiger partial charge >= 0.3 is 0 Å². The molecular formula is C21H28N4O2. The van der Waals surface area contributed by atoms with E-state index >= 15 is 0 Å². The number of likely N-dealkylation sites (tertiary alicyclic amines) is 1. The van der Waals surface area contributed by atoms with Crippen LogP contribution in [-0.4, -0.2) is 65.0 Å². The predicted molar refractivity (Wildman–Crippen MR) is 103 cm³/mol. The van der Waals surface area contributed by atoms with Gasteiger partial charge in [-0.15, -0.1) is 0 Å². The number of hydrogen-bond donors (Lipinski definition) is 0. The van der Waals surface area contributed by atoms with Crippen molar-refractivity contribution < 1.29 is 9.32 Å². The monoisotopic (exact) mass is 368 g/mol. The van der Waals surface area contributed by atoms with Crippen molar-refractivity contribution in [3.05, 3.63) is 52.9 Å². The fourth-order valence-corrected chi connectivity index (χ4v) is 3.93. The minimum Gasteiger partial charge on any atom is -0.360 e. The average molecular weight is 368 g/mol. The van der Waals surface area contributed by atoms with Crippen molar-refractivity contribution in [1.82, 2.24) is 19.9 Å². The summed E-state index contributed by atoms with van der Waals surface area (Å²) in [6.07, 6.45) is 2.26. The maximum Gasteiger partial charge on any atom is 0.253 e. The molecule has 27 heavy (non-hydrogen) atoms. The number of amides is 1. The molecule has 0 spiro atoms. The maximum atomic E-state index is 12.4. The molecule has 0 N–H and O–H groups in total. The van der Waals surface area contributed by atoms with Gasteiger partial charge in [0, 0.05) is 57.4 Å². The smallest absolute Gasteiger partial charge is 0.253 e. The highest BCUT2D eigenvalue weighted by Gasteiger charge is 2.20. The Kier molecular flexibility index (Phi) is 5.55. The van der Waals surface area contributed by atoms with E-state index in [0.29, 0.717) is 0 Å². The fourth-order valence-electron chi connectivity index (χ4n) is 3.93. The first kappa shape index (κ1) is 18.2. The molecule has 144 valence electrons. The lowest BCUT2D eigenvalue weighted by molar-refractivity contribution is 0.0792. The van der Waals surface area contributed by atoms with E-state index in [9.17, 15) is 4.79 Å². The number of nitrogens with zero attached hydrogens (tertiary/aromatic N) is 4. The topological polar surface area (TPSA) is 52.8 Å². The molecule has 1 aromatic heterocycles. The summed E-state index contributed by atoms with van der Waals surface area (Å²) in [4.78, 5) is 19.3. The van der Waals surface area contributed by atoms with Crippen molar-refractivity contribution in [2.75, 3.05) is 39.3 Å². The number of aromatic nitrogens is 1. The van der Waals surface area contributed by atoms with Gasteiger partial charge in [-0.2, -0.15) is 0 Å². The van der Waals surface area contributed by atoms with Crippen LogP contribution in [0, 0.1) is 6.92 Å². The van der Waals surface area contributed by atoms with Gasteiger partial charge in [-0.3, -0.25) is 14.6 Å². The lowest BCUT2D eigenvalue weighted by Crippen LogP contribution is -2.45. The van der Waals surface area contributed by atoms with Gasteiger partial charge in [-0.05, 0) is 37.5 Å². The summed E-state index contributed by atoms with van der Waals surface area (Å²) < 4.78 is 5.32. The van der Waals surface area contributed by atoms with E-state index in [-0.39, 0.29) is 5.91 Å². The zero-order chi connectivity index (χ0) is 18.6. The third-order valence-corrected chi connectivity index (χ3v) is 5.52. The van der Waals surface area contributed by atoms with Crippen LogP contribution in [0.15, 0.2) is 34.9 Å². The summed E-state index contributed by atoms with van der Waals surface area (Å²) in [7, 11) is 0. The van der Waals surface area contributed by atoms with Gasteiger partial charge in [0.05, 0.1) is 12.2 Å². The first-order valence-electron chi connectivity index (χ1n) is 9.92. The summed E-state index contributed by atoms with van der Waals surface area (Å²) in [5, 5.41) is 3.96. The van der Waals surface area contributed by atoms with Crippen LogP contribution in [0.25, 0.3) is 0 Å². The molecule has 0 aliphatic carbocycles. The maximum absolute atomic E-state index is 12.4. The van der Waals surface area contributed by atoms with Gasteiger partial charge in [-0.25, -0.2) is 0 Å². The molecule has 6 nitrogen and oxygen atoms in total. The fraction of sp³-hybridized carbons (Fsp3) is 0.524. The lowest BCUT2D eigenvalue weighted by Gasteiger charge is -2.34. The van der Waals surface area contributed by atoms with Gasteiger partial charge in [0.25, 0.3) is 5.91 Å². The highest BCUT2D eigenvalue weighted by atomic mass is 16.5. The molecule has 1 aromatic carbocycles. The molecule has 2 saturated heterocycles. The second kappa shape index (κ2) is 8.23. The molecular weight excluding hydrogens is 340 g/mol. The molecule has 4 rings (SSSR count). The minimum absolute atomic E-state index is 0.176. The number of aryl methyl sites for hydroxylation is 1. The Balaban J connectivity index is 1.25. The Bertz CT molecular complexity index is 757. The standard InChI is InChI=1S/C21H28N4O2/c1-17-14-20(27-22-17)16-24-12-10-23(11-13-24)15-18-4-6-19(7-5-18)21(26)25-8-2-3-9-25/h4-7,14H,2-3,8-13,15-16H2,1H3. The van der Waals surface area contributed by atoms with Crippen molar-refractivity contribution in [2.45, 2.75) is 32.9 Å². The Morgan fingerprint density at radius 2 is 1.59 bits per heavy atom. The quantitative estimate of drug-likeness (QED) is 0.812. The summed E-state index contributed by atoms with van der Waals surface area (Å²) in [5.74, 6) is 1.12. The van der Waals surface area contributed by atoms with Crippen molar-refractivity contribution in [1.29, 1.82) is 0 Å². The summed E-state index contributed by atoms with van der Waals surface area (Å²) in [6.45, 7) is 9.68. The molecule has 0 saturated carbocycles. The summed E-state index contributed by atoms with van der Waals surface area (Å²) in [6, 6.07) is 10.2. The van der Waals surface area contributed by atoms with Gasteiger partial charge in [0.1, 0.15) is 0 Å². The first-order valence-corrected chi connectivity index (χ1v) is 9.92. The molecule has 3 heterocycles. The van der Waals surface area contributed by atoms with Crippen LogP contribution in [-0.2, 0) is 13.1 Å². The first-order chi connectivity index (χ1) is 13.2. The number of rotatable bonds is 5. The average Bonchev–Trinajstić information content (AvgIpc) is 3.35. The Morgan fingerprint density at radius 3 is 2.19 bits per heavy atom. The third kappa shape index (κ3) is 4.57. The van der Waals surface area contributed by atoms with E-state index in [1.165, 1.54) is 5.56 Å². The van der Waals surface area contributed by atoms with Crippen molar-refractivity contribution in [3.8, 4) is 0 Å². The van der Waals surface area contributed by atoms with Crippen LogP contribution < -0.4 is 0 Å². The number of carbonyl (C=O) groups is 1. The predicted octanol–water partition coefficient (Wildman–Crippen LogP) is 2.54. The highest BCUT2D eigenvalue weighted by Crippen LogP contribution is 2.16. The molecule has 2 aliphatic heterocycles. The number of carbonyl (C=O) groups excluding carboxylic acids is 1. The molecule has 6 heteroatoms. The van der Waals surface area contributed by atoms with Crippen molar-refractivity contribution in [2.24, 2.45) is 0 Å². The van der Waals surface area contributed by atoms with E-state index in [1.54, 1.807) is 0 Å². The van der Waals surface area contributed by atoms with Crippen LogP contribution >= 0.6 is 0 Å². The highest BCUT2D eigenvalue weighted by molar-refractivity contribution is 5.94. The second-order valence-electron chi connectivity index (χ2n) is 7.68. The van der Waals surface area contributed by atoms with Crippen LogP contribution in [0.5, 0.6) is 0 Å². The van der Waals surface area contributed by atoms with Crippen LogP contribution in [0.2, 0.25) is 0 Å². The van der Waals surface area contributed by atoms with Gasteiger partial charge in [-0.1, -0.05) is 17.3 Å². The van der Waals surface area contributed by atoms with E-state index in [2.05, 4.69) is 27.1 Å². The van der Waals surface area contributed by atoms with Gasteiger partial charge < -0.3 is 9.42 Å².